The van der Waals surface area contributed by atoms with Crippen molar-refractivity contribution in [2.24, 2.45) is 5.92 Å². The fourth-order valence-corrected chi connectivity index (χ4v) is 2.67. The number of fused-ring (bicyclic) bond motifs is 1. The zero-order chi connectivity index (χ0) is 15.7. The van der Waals surface area contributed by atoms with E-state index < -0.39 is 0 Å². The van der Waals surface area contributed by atoms with Gasteiger partial charge in [-0.1, -0.05) is 17.3 Å². The van der Waals surface area contributed by atoms with Crippen molar-refractivity contribution in [2.75, 3.05) is 7.05 Å². The molecule has 6 nitrogen and oxygen atoms in total. The normalized spacial score (nSPS) is 15.7. The number of rotatable bonds is 5. The van der Waals surface area contributed by atoms with E-state index >= 15 is 0 Å². The van der Waals surface area contributed by atoms with Gasteiger partial charge in [0.1, 0.15) is 5.52 Å². The fourth-order valence-electron chi connectivity index (χ4n) is 2.67. The molecule has 116 valence electrons. The molecule has 1 heterocycles. The minimum atomic E-state index is -0.198. The average molecular weight is 300 g/mol. The summed E-state index contributed by atoms with van der Waals surface area (Å²) in [4.78, 5) is 26.3. The SMILES string of the molecule is CC(C1CC1)N(C)C(=O)CCn1nnc2ccccc2c1=O. The van der Waals surface area contributed by atoms with Crippen LogP contribution < -0.4 is 5.56 Å². The molecule has 6 heteroatoms. The Labute approximate surface area is 128 Å². The molecule has 0 aliphatic heterocycles. The summed E-state index contributed by atoms with van der Waals surface area (Å²) in [6, 6.07) is 7.37. The number of hydrogen-bond acceptors (Lipinski definition) is 4. The molecule has 1 fully saturated rings. The molecule has 1 aromatic heterocycles. The van der Waals surface area contributed by atoms with Crippen LogP contribution >= 0.6 is 0 Å². The van der Waals surface area contributed by atoms with Crippen LogP contribution in [-0.4, -0.2) is 38.9 Å². The summed E-state index contributed by atoms with van der Waals surface area (Å²) in [5, 5.41) is 8.47. The quantitative estimate of drug-likeness (QED) is 0.838. The summed E-state index contributed by atoms with van der Waals surface area (Å²) < 4.78 is 1.27. The van der Waals surface area contributed by atoms with Crippen LogP contribution in [0.25, 0.3) is 10.9 Å². The Balaban J connectivity index is 1.69. The Kier molecular flexibility index (Phi) is 3.92. The van der Waals surface area contributed by atoms with Crippen molar-refractivity contribution in [1.82, 2.24) is 19.9 Å². The third-order valence-electron chi connectivity index (χ3n) is 4.48. The molecule has 0 radical (unpaired) electrons. The molecule has 22 heavy (non-hydrogen) atoms. The smallest absolute Gasteiger partial charge is 0.277 e. The van der Waals surface area contributed by atoms with Crippen molar-refractivity contribution in [3.63, 3.8) is 0 Å². The van der Waals surface area contributed by atoms with Gasteiger partial charge in [-0.05, 0) is 37.8 Å². The summed E-state index contributed by atoms with van der Waals surface area (Å²) in [5.41, 5.74) is 0.380. The first-order chi connectivity index (χ1) is 10.6. The van der Waals surface area contributed by atoms with Crippen LogP contribution in [0, 0.1) is 5.92 Å². The van der Waals surface area contributed by atoms with E-state index in [2.05, 4.69) is 17.2 Å². The van der Waals surface area contributed by atoms with Crippen molar-refractivity contribution in [3.05, 3.63) is 34.6 Å². The molecule has 1 atom stereocenters. The molecule has 1 saturated carbocycles. The minimum Gasteiger partial charge on any atom is -0.343 e. The molecule has 1 unspecified atom stereocenters. The largest absolute Gasteiger partial charge is 0.343 e. The monoisotopic (exact) mass is 300 g/mol. The Morgan fingerprint density at radius 1 is 1.41 bits per heavy atom. The van der Waals surface area contributed by atoms with Crippen molar-refractivity contribution < 1.29 is 4.79 Å². The predicted molar refractivity (Wildman–Crippen MR) is 83.4 cm³/mol. The predicted octanol–water partition coefficient (Wildman–Crippen LogP) is 1.44. The van der Waals surface area contributed by atoms with E-state index in [0.29, 0.717) is 16.8 Å². The maximum absolute atomic E-state index is 12.3. The topological polar surface area (TPSA) is 68.1 Å². The van der Waals surface area contributed by atoms with Crippen LogP contribution in [0.1, 0.15) is 26.2 Å². The Morgan fingerprint density at radius 3 is 2.86 bits per heavy atom. The van der Waals surface area contributed by atoms with Gasteiger partial charge in [0.25, 0.3) is 5.56 Å². The second-order valence-electron chi connectivity index (χ2n) is 5.97. The van der Waals surface area contributed by atoms with Crippen LogP contribution in [0.3, 0.4) is 0 Å². The molecule has 1 amide bonds. The van der Waals surface area contributed by atoms with Crippen LogP contribution in [-0.2, 0) is 11.3 Å². The summed E-state index contributed by atoms with van der Waals surface area (Å²) in [5.74, 6) is 0.679. The summed E-state index contributed by atoms with van der Waals surface area (Å²) in [6.45, 7) is 2.34. The molecule has 0 saturated heterocycles. The molecule has 0 N–H and O–H groups in total. The molecule has 0 spiro atoms. The van der Waals surface area contributed by atoms with Crippen molar-refractivity contribution in [2.45, 2.75) is 38.8 Å². The van der Waals surface area contributed by atoms with E-state index in [1.54, 1.807) is 23.1 Å². The first-order valence-electron chi connectivity index (χ1n) is 7.66. The summed E-state index contributed by atoms with van der Waals surface area (Å²) in [6.07, 6.45) is 2.67. The van der Waals surface area contributed by atoms with Gasteiger partial charge in [0.15, 0.2) is 0 Å². The number of amides is 1. The number of aryl methyl sites for hydroxylation is 1. The second kappa shape index (κ2) is 5.87. The van der Waals surface area contributed by atoms with E-state index in [0.717, 1.165) is 0 Å². The molecule has 2 aromatic rings. The third kappa shape index (κ3) is 2.86. The van der Waals surface area contributed by atoms with E-state index in [-0.39, 0.29) is 30.5 Å². The van der Waals surface area contributed by atoms with Gasteiger partial charge in [0.05, 0.1) is 11.9 Å². The molecule has 1 aromatic carbocycles. The van der Waals surface area contributed by atoms with E-state index in [1.807, 2.05) is 13.1 Å². The standard InChI is InChI=1S/C16H20N4O2/c1-11(12-7-8-12)19(2)15(21)9-10-20-16(22)13-5-3-4-6-14(13)17-18-20/h3-6,11-12H,7-10H2,1-2H3. The average Bonchev–Trinajstić information content (AvgIpc) is 3.37. The van der Waals surface area contributed by atoms with Crippen LogP contribution in [0.15, 0.2) is 29.1 Å². The third-order valence-corrected chi connectivity index (χ3v) is 4.48. The highest BCUT2D eigenvalue weighted by molar-refractivity contribution is 5.77. The molecular formula is C16H20N4O2. The Morgan fingerprint density at radius 2 is 2.14 bits per heavy atom. The lowest BCUT2D eigenvalue weighted by molar-refractivity contribution is -0.132. The number of benzene rings is 1. The highest BCUT2D eigenvalue weighted by atomic mass is 16.2. The number of aromatic nitrogens is 3. The highest BCUT2D eigenvalue weighted by Crippen LogP contribution is 2.34. The number of hydrogen-bond donors (Lipinski definition) is 0. The molecule has 1 aliphatic carbocycles. The summed E-state index contributed by atoms with van der Waals surface area (Å²) in [7, 11) is 1.83. The second-order valence-corrected chi connectivity index (χ2v) is 5.97. The van der Waals surface area contributed by atoms with Crippen molar-refractivity contribution in [1.29, 1.82) is 0 Å². The lowest BCUT2D eigenvalue weighted by atomic mass is 10.2. The fraction of sp³-hybridized carbons (Fsp3) is 0.500. The maximum atomic E-state index is 12.3. The number of carbonyl (C=O) groups excluding carboxylic acids is 1. The minimum absolute atomic E-state index is 0.0428. The number of carbonyl (C=O) groups is 1. The maximum Gasteiger partial charge on any atom is 0.277 e. The number of nitrogens with zero attached hydrogens (tertiary/aromatic N) is 4. The van der Waals surface area contributed by atoms with Crippen molar-refractivity contribution in [3.8, 4) is 0 Å². The first-order valence-corrected chi connectivity index (χ1v) is 7.66. The first kappa shape index (κ1) is 14.7. The lowest BCUT2D eigenvalue weighted by Crippen LogP contribution is -2.37. The van der Waals surface area contributed by atoms with Gasteiger partial charge in [-0.2, -0.15) is 0 Å². The van der Waals surface area contributed by atoms with E-state index in [1.165, 1.54) is 17.5 Å². The molecule has 0 bridgehead atoms. The zero-order valence-corrected chi connectivity index (χ0v) is 12.9. The molecule has 1 aliphatic rings. The van der Waals surface area contributed by atoms with Crippen LogP contribution in [0.2, 0.25) is 0 Å². The van der Waals surface area contributed by atoms with E-state index in [9.17, 15) is 9.59 Å². The van der Waals surface area contributed by atoms with Gasteiger partial charge < -0.3 is 4.90 Å². The Bertz CT molecular complexity index is 751. The van der Waals surface area contributed by atoms with Gasteiger partial charge in [0, 0.05) is 19.5 Å². The van der Waals surface area contributed by atoms with Gasteiger partial charge in [0.2, 0.25) is 5.91 Å². The van der Waals surface area contributed by atoms with Gasteiger partial charge in [-0.25, -0.2) is 4.68 Å². The van der Waals surface area contributed by atoms with Gasteiger partial charge in [-0.3, -0.25) is 9.59 Å². The van der Waals surface area contributed by atoms with Crippen LogP contribution in [0.5, 0.6) is 0 Å². The van der Waals surface area contributed by atoms with E-state index in [4.69, 9.17) is 0 Å². The lowest BCUT2D eigenvalue weighted by Gasteiger charge is -2.24. The molecular weight excluding hydrogens is 280 g/mol. The van der Waals surface area contributed by atoms with Gasteiger partial charge >= 0.3 is 0 Å². The van der Waals surface area contributed by atoms with Crippen molar-refractivity contribution >= 4 is 16.8 Å². The Hall–Kier alpha value is -2.24. The van der Waals surface area contributed by atoms with Crippen LogP contribution in [0.4, 0.5) is 0 Å². The summed E-state index contributed by atoms with van der Waals surface area (Å²) >= 11 is 0. The van der Waals surface area contributed by atoms with Gasteiger partial charge in [-0.15, -0.1) is 5.10 Å². The molecule has 3 rings (SSSR count). The zero-order valence-electron chi connectivity index (χ0n) is 12.9. The highest BCUT2D eigenvalue weighted by Gasteiger charge is 2.32.